The summed E-state index contributed by atoms with van der Waals surface area (Å²) in [6.45, 7) is 2.49. The molecule has 0 bridgehead atoms. The average molecular weight is 431 g/mol. The molecule has 1 N–H and O–H groups in total. The Morgan fingerprint density at radius 2 is 1.90 bits per heavy atom. The third-order valence-electron chi connectivity index (χ3n) is 3.91. The summed E-state index contributed by atoms with van der Waals surface area (Å²) < 4.78 is 29.7. The average Bonchev–Trinajstić information content (AvgIpc) is 2.75. The van der Waals surface area contributed by atoms with Gasteiger partial charge in [0, 0.05) is 24.9 Å². The summed E-state index contributed by atoms with van der Waals surface area (Å²) in [6.07, 6.45) is 1.61. The van der Waals surface area contributed by atoms with Crippen LogP contribution in [-0.4, -0.2) is 24.1 Å². The summed E-state index contributed by atoms with van der Waals surface area (Å²) in [4.78, 5) is 16.2. The van der Waals surface area contributed by atoms with Crippen LogP contribution in [0.4, 0.5) is 4.39 Å². The zero-order chi connectivity index (χ0) is 21.3. The van der Waals surface area contributed by atoms with E-state index < -0.39 is 5.82 Å². The fourth-order valence-corrected chi connectivity index (χ4v) is 2.64. The van der Waals surface area contributed by atoms with Crippen LogP contribution in [0.3, 0.4) is 0 Å². The molecule has 0 radical (unpaired) electrons. The maximum Gasteiger partial charge on any atom is 0.258 e. The van der Waals surface area contributed by atoms with Crippen molar-refractivity contribution in [2.45, 2.75) is 13.5 Å². The van der Waals surface area contributed by atoms with Crippen LogP contribution in [0.5, 0.6) is 23.1 Å². The molecule has 0 unspecified atom stereocenters. The van der Waals surface area contributed by atoms with Crippen LogP contribution in [0.25, 0.3) is 0 Å². The minimum Gasteiger partial charge on any atom is -0.490 e. The highest BCUT2D eigenvalue weighted by Crippen LogP contribution is 2.30. The molecule has 3 rings (SSSR count). The van der Waals surface area contributed by atoms with E-state index in [4.69, 9.17) is 25.8 Å². The number of nitrogens with one attached hydrogen (secondary N) is 1. The number of carbonyl (C=O) groups excluding carboxylic acids is 1. The zero-order valence-corrected chi connectivity index (χ0v) is 17.0. The maximum atomic E-state index is 13.1. The number of aromatic nitrogens is 1. The molecule has 3 aromatic rings. The smallest absolute Gasteiger partial charge is 0.258 e. The predicted molar refractivity (Wildman–Crippen MR) is 111 cm³/mol. The van der Waals surface area contributed by atoms with Gasteiger partial charge in [-0.2, -0.15) is 0 Å². The van der Waals surface area contributed by atoms with Crippen LogP contribution >= 0.6 is 11.6 Å². The van der Waals surface area contributed by atoms with Crippen LogP contribution in [-0.2, 0) is 11.3 Å². The Morgan fingerprint density at radius 3 is 2.60 bits per heavy atom. The van der Waals surface area contributed by atoms with Crippen molar-refractivity contribution in [1.82, 2.24) is 10.3 Å². The van der Waals surface area contributed by atoms with Gasteiger partial charge >= 0.3 is 0 Å². The quantitative estimate of drug-likeness (QED) is 0.530. The van der Waals surface area contributed by atoms with E-state index in [1.807, 2.05) is 25.1 Å². The molecular formula is C22H20ClFN2O4. The minimum atomic E-state index is -0.547. The van der Waals surface area contributed by atoms with Crippen molar-refractivity contribution in [3.63, 3.8) is 0 Å². The molecule has 0 aliphatic carbocycles. The number of ether oxygens (including phenoxy) is 3. The molecule has 0 saturated carbocycles. The van der Waals surface area contributed by atoms with Gasteiger partial charge in [0.1, 0.15) is 11.6 Å². The minimum absolute atomic E-state index is 0.0647. The second kappa shape index (κ2) is 10.5. The van der Waals surface area contributed by atoms with E-state index in [1.54, 1.807) is 24.4 Å². The molecule has 0 saturated heterocycles. The molecule has 0 atom stereocenters. The largest absolute Gasteiger partial charge is 0.490 e. The van der Waals surface area contributed by atoms with Crippen molar-refractivity contribution >= 4 is 17.5 Å². The van der Waals surface area contributed by atoms with Gasteiger partial charge < -0.3 is 19.5 Å². The molecule has 0 fully saturated rings. The number of amides is 1. The molecule has 1 heterocycles. The van der Waals surface area contributed by atoms with E-state index in [-0.39, 0.29) is 24.1 Å². The lowest BCUT2D eigenvalue weighted by atomic mass is 10.3. The van der Waals surface area contributed by atoms with Crippen molar-refractivity contribution in [1.29, 1.82) is 0 Å². The molecule has 8 heteroatoms. The van der Waals surface area contributed by atoms with E-state index in [0.717, 1.165) is 5.56 Å². The molecule has 2 aromatic carbocycles. The Labute approximate surface area is 178 Å². The topological polar surface area (TPSA) is 69.7 Å². The van der Waals surface area contributed by atoms with Gasteiger partial charge in [0.2, 0.25) is 5.88 Å². The lowest BCUT2D eigenvalue weighted by Gasteiger charge is -2.11. The van der Waals surface area contributed by atoms with E-state index >= 15 is 0 Å². The maximum absolute atomic E-state index is 13.1. The van der Waals surface area contributed by atoms with Gasteiger partial charge in [-0.1, -0.05) is 29.8 Å². The van der Waals surface area contributed by atoms with Gasteiger partial charge in [-0.3, -0.25) is 4.79 Å². The Morgan fingerprint density at radius 1 is 1.10 bits per heavy atom. The van der Waals surface area contributed by atoms with Crippen LogP contribution < -0.4 is 19.5 Å². The van der Waals surface area contributed by atoms with E-state index in [2.05, 4.69) is 10.3 Å². The normalized spacial score (nSPS) is 10.4. The van der Waals surface area contributed by atoms with E-state index in [9.17, 15) is 9.18 Å². The van der Waals surface area contributed by atoms with Gasteiger partial charge in [0.15, 0.2) is 18.1 Å². The summed E-state index contributed by atoms with van der Waals surface area (Å²) in [6, 6.07) is 14.7. The van der Waals surface area contributed by atoms with Crippen molar-refractivity contribution in [2.75, 3.05) is 13.2 Å². The monoisotopic (exact) mass is 430 g/mol. The van der Waals surface area contributed by atoms with Gasteiger partial charge in [-0.05, 0) is 36.8 Å². The first kappa shape index (κ1) is 21.4. The van der Waals surface area contributed by atoms with Crippen molar-refractivity contribution in [3.8, 4) is 23.1 Å². The van der Waals surface area contributed by atoms with Crippen molar-refractivity contribution in [3.05, 3.63) is 77.2 Å². The van der Waals surface area contributed by atoms with Crippen LogP contribution in [0, 0.1) is 5.82 Å². The Hall–Kier alpha value is -3.32. The van der Waals surface area contributed by atoms with Gasteiger partial charge in [0.05, 0.1) is 11.6 Å². The molecule has 6 nitrogen and oxygen atoms in total. The first-order valence-electron chi connectivity index (χ1n) is 9.24. The van der Waals surface area contributed by atoms with Gasteiger partial charge in [-0.25, -0.2) is 9.37 Å². The zero-order valence-electron chi connectivity index (χ0n) is 16.2. The number of carbonyl (C=O) groups is 1. The van der Waals surface area contributed by atoms with Crippen LogP contribution in [0.15, 0.2) is 60.8 Å². The number of nitrogens with zero attached hydrogens (tertiary/aromatic N) is 1. The fraction of sp³-hybridized carbons (Fsp3) is 0.182. The number of para-hydroxylation sites is 2. The molecule has 0 aliphatic heterocycles. The SMILES string of the molecule is CCOc1ccccc1Oc1ccc(CNC(=O)COc2ccc(F)c(Cl)c2)cn1. The highest BCUT2D eigenvalue weighted by molar-refractivity contribution is 6.30. The summed E-state index contributed by atoms with van der Waals surface area (Å²) >= 11 is 5.68. The van der Waals surface area contributed by atoms with Crippen molar-refractivity contribution in [2.24, 2.45) is 0 Å². The van der Waals surface area contributed by atoms with E-state index in [0.29, 0.717) is 29.7 Å². The summed E-state index contributed by atoms with van der Waals surface area (Å²) in [5.41, 5.74) is 0.790. The third kappa shape index (κ3) is 6.09. The number of hydrogen-bond acceptors (Lipinski definition) is 5. The lowest BCUT2D eigenvalue weighted by molar-refractivity contribution is -0.123. The number of benzene rings is 2. The van der Waals surface area contributed by atoms with Gasteiger partial charge in [0.25, 0.3) is 5.91 Å². The third-order valence-corrected chi connectivity index (χ3v) is 4.20. The summed E-state index contributed by atoms with van der Waals surface area (Å²) in [5, 5.41) is 2.65. The molecule has 156 valence electrons. The highest BCUT2D eigenvalue weighted by Gasteiger charge is 2.08. The number of pyridine rings is 1. The standard InChI is InChI=1S/C22H20ClFN2O4/c1-2-28-19-5-3-4-6-20(19)30-22-10-7-15(13-26-22)12-25-21(27)14-29-16-8-9-18(24)17(23)11-16/h3-11,13H,2,12,14H2,1H3,(H,25,27). The number of hydrogen-bond donors (Lipinski definition) is 1. The first-order chi connectivity index (χ1) is 14.5. The molecule has 30 heavy (non-hydrogen) atoms. The second-order valence-electron chi connectivity index (χ2n) is 6.13. The fourth-order valence-electron chi connectivity index (χ4n) is 2.46. The highest BCUT2D eigenvalue weighted by atomic mass is 35.5. The Balaban J connectivity index is 1.48. The van der Waals surface area contributed by atoms with Crippen LogP contribution in [0.1, 0.15) is 12.5 Å². The van der Waals surface area contributed by atoms with E-state index in [1.165, 1.54) is 18.2 Å². The predicted octanol–water partition coefficient (Wildman–Crippen LogP) is 4.76. The Bertz CT molecular complexity index is 999. The lowest BCUT2D eigenvalue weighted by Crippen LogP contribution is -2.28. The molecule has 1 amide bonds. The van der Waals surface area contributed by atoms with Gasteiger partial charge in [-0.15, -0.1) is 0 Å². The first-order valence-corrected chi connectivity index (χ1v) is 9.62. The summed E-state index contributed by atoms with van der Waals surface area (Å²) in [7, 11) is 0. The molecule has 1 aromatic heterocycles. The molecule has 0 spiro atoms. The van der Waals surface area contributed by atoms with Crippen LogP contribution in [0.2, 0.25) is 5.02 Å². The molecular weight excluding hydrogens is 411 g/mol. The molecule has 0 aliphatic rings. The van der Waals surface area contributed by atoms with Crippen molar-refractivity contribution < 1.29 is 23.4 Å². The number of rotatable bonds is 9. The summed E-state index contributed by atoms with van der Waals surface area (Å²) in [5.74, 6) is 1.06. The second-order valence-corrected chi connectivity index (χ2v) is 6.54. The Kier molecular flexibility index (Phi) is 7.45. The number of halogens is 2.